The molecule has 0 bridgehead atoms. The van der Waals surface area contributed by atoms with Gasteiger partial charge in [-0.25, -0.2) is 19.7 Å². The summed E-state index contributed by atoms with van der Waals surface area (Å²) in [6.07, 6.45) is 9.67. The van der Waals surface area contributed by atoms with Crippen LogP contribution >= 0.6 is 0 Å². The van der Waals surface area contributed by atoms with Crippen LogP contribution in [-0.2, 0) is 0 Å². The number of hydrogen-bond acceptors (Lipinski definition) is 7. The number of aromatic nitrogens is 3. The maximum Gasteiger partial charge on any atom is 0.338 e. The first-order valence-corrected chi connectivity index (χ1v) is 7.67. The van der Waals surface area contributed by atoms with Crippen LogP contribution in [0, 0.1) is 10.1 Å². The van der Waals surface area contributed by atoms with E-state index >= 15 is 0 Å². The van der Waals surface area contributed by atoms with Crippen molar-refractivity contribution in [2.75, 3.05) is 18.0 Å². The molecule has 3 heterocycles. The molecule has 0 aromatic carbocycles. The number of aromatic carboxylic acids is 1. The zero-order valence-electron chi connectivity index (χ0n) is 13.2. The van der Waals surface area contributed by atoms with Gasteiger partial charge in [-0.3, -0.25) is 10.1 Å². The van der Waals surface area contributed by atoms with E-state index in [-0.39, 0.29) is 16.9 Å². The predicted octanol–water partition coefficient (Wildman–Crippen LogP) is 2.25. The van der Waals surface area contributed by atoms with Gasteiger partial charge in [0.15, 0.2) is 0 Å². The Morgan fingerprint density at radius 3 is 2.44 bits per heavy atom. The summed E-state index contributed by atoms with van der Waals surface area (Å²) in [7, 11) is 0. The van der Waals surface area contributed by atoms with Crippen molar-refractivity contribution in [3.63, 3.8) is 0 Å². The molecule has 0 spiro atoms. The summed E-state index contributed by atoms with van der Waals surface area (Å²) in [5, 5.41) is 19.9. The molecule has 1 fully saturated rings. The number of nitro groups is 1. The molecule has 2 aromatic rings. The van der Waals surface area contributed by atoms with Crippen LogP contribution in [-0.4, -0.2) is 44.0 Å². The highest BCUT2D eigenvalue weighted by atomic mass is 16.6. The van der Waals surface area contributed by atoms with E-state index in [0.717, 1.165) is 38.2 Å². The average Bonchev–Trinajstić information content (AvgIpc) is 3.14. The largest absolute Gasteiger partial charge is 0.478 e. The first-order valence-electron chi connectivity index (χ1n) is 7.67. The molecular weight excluding hydrogens is 326 g/mol. The Labute approximate surface area is 142 Å². The van der Waals surface area contributed by atoms with E-state index in [2.05, 4.69) is 19.9 Å². The van der Waals surface area contributed by atoms with Crippen LogP contribution in [0.4, 0.5) is 11.6 Å². The fourth-order valence-corrected chi connectivity index (χ4v) is 2.54. The van der Waals surface area contributed by atoms with E-state index in [1.54, 1.807) is 18.5 Å². The maximum absolute atomic E-state index is 11.3. The lowest BCUT2D eigenvalue weighted by Crippen LogP contribution is -2.20. The second-order valence-electron chi connectivity index (χ2n) is 5.53. The molecule has 25 heavy (non-hydrogen) atoms. The number of rotatable bonds is 5. The van der Waals surface area contributed by atoms with E-state index in [4.69, 9.17) is 0 Å². The third-order valence-electron chi connectivity index (χ3n) is 3.83. The van der Waals surface area contributed by atoms with Crippen LogP contribution in [0.2, 0.25) is 0 Å². The van der Waals surface area contributed by atoms with Gasteiger partial charge in [-0.15, -0.1) is 0 Å². The molecule has 128 valence electrons. The van der Waals surface area contributed by atoms with Crippen molar-refractivity contribution in [1.82, 2.24) is 15.0 Å². The molecule has 0 aliphatic carbocycles. The number of carboxylic acids is 1. The van der Waals surface area contributed by atoms with Crippen molar-refractivity contribution >= 4 is 29.8 Å². The molecule has 0 radical (unpaired) electrons. The topological polar surface area (TPSA) is 122 Å². The van der Waals surface area contributed by atoms with E-state index in [9.17, 15) is 20.0 Å². The first-order chi connectivity index (χ1) is 12.0. The zero-order valence-corrected chi connectivity index (χ0v) is 13.2. The number of carboxylic acid groups (broad SMARTS) is 1. The summed E-state index contributed by atoms with van der Waals surface area (Å²) in [5.41, 5.74) is 0.203. The van der Waals surface area contributed by atoms with Crippen LogP contribution < -0.4 is 4.90 Å². The van der Waals surface area contributed by atoms with Crippen molar-refractivity contribution in [2.45, 2.75) is 12.8 Å². The fourth-order valence-electron chi connectivity index (χ4n) is 2.54. The van der Waals surface area contributed by atoms with Crippen molar-refractivity contribution in [1.29, 1.82) is 0 Å². The second kappa shape index (κ2) is 7.04. The van der Waals surface area contributed by atoms with Crippen LogP contribution in [0.3, 0.4) is 0 Å². The lowest BCUT2D eigenvalue weighted by Gasteiger charge is -2.14. The van der Waals surface area contributed by atoms with Crippen LogP contribution in [0.15, 0.2) is 24.7 Å². The summed E-state index contributed by atoms with van der Waals surface area (Å²) in [6.45, 7) is 1.90. The van der Waals surface area contributed by atoms with Gasteiger partial charge < -0.3 is 10.0 Å². The molecule has 0 atom stereocenters. The molecule has 1 aliphatic heterocycles. The molecule has 3 rings (SSSR count). The van der Waals surface area contributed by atoms with Gasteiger partial charge in [0, 0.05) is 37.1 Å². The Balaban J connectivity index is 1.81. The Hall–Kier alpha value is -3.36. The number of hydrogen-bond donors (Lipinski definition) is 1. The standard InChI is InChI=1S/C16H15N5O4/c22-15(23)13-7-12(21(24)25)10-17-14(13)4-3-11-8-18-16(19-9-11)20-5-1-2-6-20/h3-4,7-10H,1-2,5-6H2,(H,22,23). The average molecular weight is 341 g/mol. The third-order valence-corrected chi connectivity index (χ3v) is 3.83. The Morgan fingerprint density at radius 1 is 1.16 bits per heavy atom. The van der Waals surface area contributed by atoms with Crippen LogP contribution in [0.5, 0.6) is 0 Å². The second-order valence-corrected chi connectivity index (χ2v) is 5.53. The molecule has 9 nitrogen and oxygen atoms in total. The molecule has 9 heteroatoms. The van der Waals surface area contributed by atoms with Crippen molar-refractivity contribution in [2.24, 2.45) is 0 Å². The maximum atomic E-state index is 11.3. The van der Waals surface area contributed by atoms with E-state index in [0.29, 0.717) is 11.5 Å². The Bertz CT molecular complexity index is 829. The van der Waals surface area contributed by atoms with Gasteiger partial charge in [0.05, 0.1) is 16.2 Å². The van der Waals surface area contributed by atoms with E-state index in [1.165, 1.54) is 6.08 Å². The van der Waals surface area contributed by atoms with Gasteiger partial charge in [0.1, 0.15) is 6.20 Å². The fraction of sp³-hybridized carbons (Fsp3) is 0.250. The highest BCUT2D eigenvalue weighted by Gasteiger charge is 2.16. The minimum absolute atomic E-state index is 0.127. The summed E-state index contributed by atoms with van der Waals surface area (Å²) in [4.78, 5) is 35.9. The number of anilines is 1. The van der Waals surface area contributed by atoms with E-state index in [1.807, 2.05) is 0 Å². The lowest BCUT2D eigenvalue weighted by molar-refractivity contribution is -0.385. The molecule has 0 unspecified atom stereocenters. The molecule has 1 aliphatic rings. The van der Waals surface area contributed by atoms with Gasteiger partial charge in [0.25, 0.3) is 5.69 Å². The SMILES string of the molecule is O=C(O)c1cc([N+](=O)[O-])cnc1C=Cc1cnc(N2CCCC2)nc1. The number of nitrogens with zero attached hydrogens (tertiary/aromatic N) is 5. The smallest absolute Gasteiger partial charge is 0.338 e. The van der Waals surface area contributed by atoms with Crippen LogP contribution in [0.25, 0.3) is 12.2 Å². The summed E-state index contributed by atoms with van der Waals surface area (Å²) >= 11 is 0. The number of carbonyl (C=O) groups is 1. The molecule has 1 saturated heterocycles. The zero-order chi connectivity index (χ0) is 17.8. The highest BCUT2D eigenvalue weighted by Crippen LogP contribution is 2.18. The lowest BCUT2D eigenvalue weighted by atomic mass is 10.1. The van der Waals surface area contributed by atoms with E-state index < -0.39 is 10.9 Å². The minimum Gasteiger partial charge on any atom is -0.478 e. The monoisotopic (exact) mass is 341 g/mol. The van der Waals surface area contributed by atoms with Gasteiger partial charge in [-0.05, 0) is 25.0 Å². The predicted molar refractivity (Wildman–Crippen MR) is 90.3 cm³/mol. The van der Waals surface area contributed by atoms with Crippen molar-refractivity contribution in [3.8, 4) is 0 Å². The Kier molecular flexibility index (Phi) is 4.64. The van der Waals surface area contributed by atoms with Gasteiger partial charge in [-0.1, -0.05) is 0 Å². The summed E-state index contributed by atoms with van der Waals surface area (Å²) in [6, 6.07) is 0.988. The van der Waals surface area contributed by atoms with Gasteiger partial charge in [0.2, 0.25) is 5.95 Å². The molecule has 2 aromatic heterocycles. The molecular formula is C16H15N5O4. The van der Waals surface area contributed by atoms with Crippen LogP contribution in [0.1, 0.15) is 34.5 Å². The third kappa shape index (κ3) is 3.77. The summed E-state index contributed by atoms with van der Waals surface area (Å²) < 4.78 is 0. The van der Waals surface area contributed by atoms with Crippen molar-refractivity contribution < 1.29 is 14.8 Å². The Morgan fingerprint density at radius 2 is 1.84 bits per heavy atom. The number of pyridine rings is 1. The van der Waals surface area contributed by atoms with Gasteiger partial charge in [-0.2, -0.15) is 0 Å². The van der Waals surface area contributed by atoms with Crippen molar-refractivity contribution in [3.05, 3.63) is 51.6 Å². The first kappa shape index (κ1) is 16.5. The quantitative estimate of drug-likeness (QED) is 0.649. The normalized spacial score (nSPS) is 14.2. The highest BCUT2D eigenvalue weighted by molar-refractivity contribution is 5.93. The molecule has 0 saturated carbocycles. The molecule has 0 amide bonds. The minimum atomic E-state index is -1.28. The van der Waals surface area contributed by atoms with Gasteiger partial charge >= 0.3 is 5.97 Å². The molecule has 1 N–H and O–H groups in total. The summed E-state index contributed by atoms with van der Waals surface area (Å²) in [5.74, 6) is -0.606.